The Hall–Kier alpha value is -0.530. The van der Waals surface area contributed by atoms with Crippen LogP contribution in [0.4, 0.5) is 0 Å². The van der Waals surface area contributed by atoms with E-state index >= 15 is 0 Å². The van der Waals surface area contributed by atoms with Crippen molar-refractivity contribution in [2.75, 3.05) is 0 Å². The highest BCUT2D eigenvalue weighted by atomic mass is 35.5. The molecule has 1 aromatic rings. The number of rotatable bonds is 5. The van der Waals surface area contributed by atoms with Gasteiger partial charge in [-0.2, -0.15) is 0 Å². The number of Topliss-reactive ketones (excluding diaryl/α,β-unsaturated/α-hetero) is 1. The van der Waals surface area contributed by atoms with E-state index in [4.69, 9.17) is 23.2 Å². The molecule has 2 rings (SSSR count). The highest BCUT2D eigenvalue weighted by Crippen LogP contribution is 2.44. The zero-order valence-corrected chi connectivity index (χ0v) is 13.7. The lowest BCUT2D eigenvalue weighted by Crippen LogP contribution is -2.31. The van der Waals surface area contributed by atoms with Crippen molar-refractivity contribution in [2.45, 2.75) is 52.4 Å². The van der Waals surface area contributed by atoms with Gasteiger partial charge in [-0.05, 0) is 48.9 Å². The first-order chi connectivity index (χ1) is 9.43. The van der Waals surface area contributed by atoms with Crippen molar-refractivity contribution in [1.82, 2.24) is 0 Å². The molecule has 0 heterocycles. The lowest BCUT2D eigenvalue weighted by atomic mass is 9.73. The number of carbonyl (C=O) groups is 1. The van der Waals surface area contributed by atoms with Crippen molar-refractivity contribution < 1.29 is 4.79 Å². The zero-order valence-electron chi connectivity index (χ0n) is 12.2. The summed E-state index contributed by atoms with van der Waals surface area (Å²) in [5, 5.41) is 1.28. The minimum Gasteiger partial charge on any atom is -0.299 e. The van der Waals surface area contributed by atoms with Crippen LogP contribution in [-0.4, -0.2) is 5.78 Å². The molecule has 1 fully saturated rings. The molecule has 0 radical (unpaired) electrons. The van der Waals surface area contributed by atoms with Crippen LogP contribution in [0.15, 0.2) is 18.2 Å². The summed E-state index contributed by atoms with van der Waals surface area (Å²) in [6.07, 6.45) is 5.80. The number of halogens is 2. The average Bonchev–Trinajstić information content (AvgIpc) is 2.82. The van der Waals surface area contributed by atoms with Crippen molar-refractivity contribution >= 4 is 29.0 Å². The van der Waals surface area contributed by atoms with Gasteiger partial charge in [0.1, 0.15) is 5.78 Å². The van der Waals surface area contributed by atoms with E-state index in [0.717, 1.165) is 24.8 Å². The summed E-state index contributed by atoms with van der Waals surface area (Å²) < 4.78 is 0. The Kier molecular flexibility index (Phi) is 5.14. The predicted molar refractivity (Wildman–Crippen MR) is 85.5 cm³/mol. The number of benzene rings is 1. The van der Waals surface area contributed by atoms with Crippen molar-refractivity contribution in [2.24, 2.45) is 11.3 Å². The summed E-state index contributed by atoms with van der Waals surface area (Å²) in [5.74, 6) is 0.889. The van der Waals surface area contributed by atoms with Gasteiger partial charge in [-0.1, -0.05) is 49.9 Å². The Labute approximate surface area is 131 Å². The van der Waals surface area contributed by atoms with Gasteiger partial charge in [0, 0.05) is 21.9 Å². The highest BCUT2D eigenvalue weighted by molar-refractivity contribution is 6.33. The normalized spacial score (nSPS) is 17.6. The monoisotopic (exact) mass is 312 g/mol. The summed E-state index contributed by atoms with van der Waals surface area (Å²) in [7, 11) is 0. The van der Waals surface area contributed by atoms with Crippen LogP contribution in [0, 0.1) is 11.3 Å². The van der Waals surface area contributed by atoms with Crippen LogP contribution in [0.25, 0.3) is 0 Å². The fourth-order valence-corrected chi connectivity index (χ4v) is 3.85. The molecule has 0 saturated heterocycles. The largest absolute Gasteiger partial charge is 0.299 e. The first-order valence-electron chi connectivity index (χ1n) is 7.40. The molecule has 1 nitrogen and oxygen atoms in total. The molecule has 0 amide bonds. The molecular formula is C17H22Cl2O. The van der Waals surface area contributed by atoms with Crippen molar-refractivity contribution in [3.05, 3.63) is 33.8 Å². The highest BCUT2D eigenvalue weighted by Gasteiger charge is 2.40. The third kappa shape index (κ3) is 3.56. The van der Waals surface area contributed by atoms with Crippen LogP contribution in [0.5, 0.6) is 0 Å². The van der Waals surface area contributed by atoms with Gasteiger partial charge in [0.25, 0.3) is 0 Å². The van der Waals surface area contributed by atoms with Crippen LogP contribution in [0.3, 0.4) is 0 Å². The van der Waals surface area contributed by atoms with E-state index in [1.54, 1.807) is 12.1 Å². The maximum Gasteiger partial charge on any atom is 0.143 e. The first-order valence-corrected chi connectivity index (χ1v) is 8.16. The lowest BCUT2D eigenvalue weighted by molar-refractivity contribution is -0.128. The average molecular weight is 313 g/mol. The molecule has 110 valence electrons. The Morgan fingerprint density at radius 3 is 2.50 bits per heavy atom. The summed E-state index contributed by atoms with van der Waals surface area (Å²) in [4.78, 5) is 12.8. The van der Waals surface area contributed by atoms with Crippen LogP contribution >= 0.6 is 23.2 Å². The summed E-state index contributed by atoms with van der Waals surface area (Å²) in [6.45, 7) is 4.39. The molecule has 20 heavy (non-hydrogen) atoms. The van der Waals surface area contributed by atoms with Gasteiger partial charge in [0.2, 0.25) is 0 Å². The Morgan fingerprint density at radius 1 is 1.25 bits per heavy atom. The number of ketones is 1. The zero-order chi connectivity index (χ0) is 14.8. The molecule has 1 saturated carbocycles. The van der Waals surface area contributed by atoms with Gasteiger partial charge in [0.15, 0.2) is 0 Å². The maximum atomic E-state index is 12.8. The van der Waals surface area contributed by atoms with E-state index in [1.165, 1.54) is 12.8 Å². The molecule has 0 unspecified atom stereocenters. The van der Waals surface area contributed by atoms with Crippen LogP contribution in [-0.2, 0) is 11.2 Å². The van der Waals surface area contributed by atoms with Gasteiger partial charge in [-0.15, -0.1) is 0 Å². The van der Waals surface area contributed by atoms with E-state index in [0.29, 0.717) is 28.2 Å². The molecule has 0 aliphatic heterocycles. The molecular weight excluding hydrogens is 291 g/mol. The Balaban J connectivity index is 2.18. The smallest absolute Gasteiger partial charge is 0.143 e. The summed E-state index contributed by atoms with van der Waals surface area (Å²) in [6, 6.07) is 5.35. The first kappa shape index (κ1) is 15.9. The fraction of sp³-hybridized carbons (Fsp3) is 0.588. The quantitative estimate of drug-likeness (QED) is 0.680. The van der Waals surface area contributed by atoms with Crippen molar-refractivity contribution in [1.29, 1.82) is 0 Å². The molecule has 0 bridgehead atoms. The minimum atomic E-state index is -0.125. The maximum absolute atomic E-state index is 12.8. The lowest BCUT2D eigenvalue weighted by Gasteiger charge is -2.29. The second kappa shape index (κ2) is 6.49. The van der Waals surface area contributed by atoms with Gasteiger partial charge >= 0.3 is 0 Å². The second-order valence-corrected chi connectivity index (χ2v) is 7.26. The topological polar surface area (TPSA) is 17.1 Å². The van der Waals surface area contributed by atoms with Gasteiger partial charge in [-0.3, -0.25) is 4.79 Å². The number of hydrogen-bond donors (Lipinski definition) is 0. The molecule has 1 aliphatic rings. The van der Waals surface area contributed by atoms with E-state index < -0.39 is 0 Å². The Morgan fingerprint density at radius 2 is 1.90 bits per heavy atom. The van der Waals surface area contributed by atoms with Crippen LogP contribution < -0.4 is 0 Å². The molecule has 1 aliphatic carbocycles. The fourth-order valence-electron chi connectivity index (χ4n) is 3.47. The SMILES string of the molecule is CC(C)CC1(C(=O)Cc2cc(Cl)ccc2Cl)CCCC1. The van der Waals surface area contributed by atoms with E-state index in [9.17, 15) is 4.79 Å². The van der Waals surface area contributed by atoms with E-state index in [1.807, 2.05) is 6.07 Å². The minimum absolute atomic E-state index is 0.125. The molecule has 3 heteroatoms. The third-order valence-electron chi connectivity index (χ3n) is 4.31. The van der Waals surface area contributed by atoms with Gasteiger partial charge in [-0.25, -0.2) is 0 Å². The molecule has 0 atom stereocenters. The molecule has 0 N–H and O–H groups in total. The van der Waals surface area contributed by atoms with Crippen LogP contribution in [0.2, 0.25) is 10.0 Å². The number of carbonyl (C=O) groups excluding carboxylic acids is 1. The van der Waals surface area contributed by atoms with E-state index in [2.05, 4.69) is 13.8 Å². The summed E-state index contributed by atoms with van der Waals surface area (Å²) in [5.41, 5.74) is 0.735. The predicted octanol–water partition coefficient (Wildman–Crippen LogP) is 5.71. The Bertz CT molecular complexity index is 488. The van der Waals surface area contributed by atoms with Gasteiger partial charge in [0.05, 0.1) is 0 Å². The molecule has 1 aromatic carbocycles. The molecule has 0 aromatic heterocycles. The van der Waals surface area contributed by atoms with Crippen molar-refractivity contribution in [3.8, 4) is 0 Å². The standard InChI is InChI=1S/C17H22Cl2O/c1-12(2)11-17(7-3-4-8-17)16(20)10-13-9-14(18)5-6-15(13)19/h5-6,9,12H,3-4,7-8,10-11H2,1-2H3. The second-order valence-electron chi connectivity index (χ2n) is 6.42. The van der Waals surface area contributed by atoms with Crippen molar-refractivity contribution in [3.63, 3.8) is 0 Å². The van der Waals surface area contributed by atoms with Gasteiger partial charge < -0.3 is 0 Å². The summed E-state index contributed by atoms with van der Waals surface area (Å²) >= 11 is 12.2. The number of hydrogen-bond acceptors (Lipinski definition) is 1. The van der Waals surface area contributed by atoms with Crippen LogP contribution in [0.1, 0.15) is 51.5 Å². The molecule has 0 spiro atoms. The van der Waals surface area contributed by atoms with E-state index in [-0.39, 0.29) is 5.41 Å². The third-order valence-corrected chi connectivity index (χ3v) is 4.91.